The van der Waals surface area contributed by atoms with Gasteiger partial charge in [-0.15, -0.1) is 5.10 Å². The van der Waals surface area contributed by atoms with Crippen molar-refractivity contribution in [3.8, 4) is 33.8 Å². The van der Waals surface area contributed by atoms with E-state index in [0.29, 0.717) is 12.4 Å². The molecule has 0 fully saturated rings. The fraction of sp³-hybridized carbons (Fsp3) is 0.140. The monoisotopic (exact) mass is 741 g/mol. The number of benzene rings is 6. The van der Waals surface area contributed by atoms with Crippen LogP contribution in [0.5, 0.6) is 0 Å². The molecule has 6 aromatic carbocycles. The third kappa shape index (κ3) is 6.82. The van der Waals surface area contributed by atoms with Gasteiger partial charge in [-0.25, -0.2) is 9.67 Å². The number of hydrogen-bond acceptors (Lipinski definition) is 5. The first-order valence-corrected chi connectivity index (χ1v) is 19.8. The molecule has 0 aliphatic heterocycles. The maximum absolute atomic E-state index is 5.17. The largest absolute Gasteiger partial charge is 0.322 e. The van der Waals surface area contributed by atoms with E-state index in [9.17, 15) is 0 Å². The van der Waals surface area contributed by atoms with Crippen LogP contribution in [0, 0.1) is 0 Å². The summed E-state index contributed by atoms with van der Waals surface area (Å²) in [5.74, 6) is 1.78. The number of pyridine rings is 1. The highest BCUT2D eigenvalue weighted by Crippen LogP contribution is 2.43. The molecule has 0 amide bonds. The SMILES string of the molecule is CCCCCc1nc2cc(-c3ccccc3)ncc2n1Cc1ccc(-c2ccccc2-c2nnnn2C(c2ccccc2)(c2ccccc2)c2ccccc2)cc1. The molecular weight excluding hydrogens is 699 g/mol. The molecule has 0 saturated carbocycles. The molecule has 3 heterocycles. The molecule has 3 aromatic heterocycles. The molecular formula is C50H43N7. The Hall–Kier alpha value is -6.99. The summed E-state index contributed by atoms with van der Waals surface area (Å²) >= 11 is 0. The highest BCUT2D eigenvalue weighted by Gasteiger charge is 2.42. The lowest BCUT2D eigenvalue weighted by molar-refractivity contribution is 0.451. The topological polar surface area (TPSA) is 74.3 Å². The van der Waals surface area contributed by atoms with Crippen LogP contribution in [-0.4, -0.2) is 34.7 Å². The van der Waals surface area contributed by atoms with Crippen molar-refractivity contribution >= 4 is 11.0 Å². The third-order valence-corrected chi connectivity index (χ3v) is 10.9. The van der Waals surface area contributed by atoms with Gasteiger partial charge < -0.3 is 4.57 Å². The van der Waals surface area contributed by atoms with Crippen molar-refractivity contribution in [2.24, 2.45) is 0 Å². The summed E-state index contributed by atoms with van der Waals surface area (Å²) in [6, 6.07) is 61.3. The Morgan fingerprint density at radius 3 is 1.77 bits per heavy atom. The quantitative estimate of drug-likeness (QED) is 0.0869. The lowest BCUT2D eigenvalue weighted by Gasteiger charge is -2.36. The van der Waals surface area contributed by atoms with Gasteiger partial charge in [0.15, 0.2) is 5.82 Å². The molecule has 0 aliphatic rings. The van der Waals surface area contributed by atoms with Crippen molar-refractivity contribution in [2.45, 2.75) is 44.7 Å². The minimum absolute atomic E-state index is 0.676. The van der Waals surface area contributed by atoms with Crippen LogP contribution in [0.4, 0.5) is 0 Å². The summed E-state index contributed by atoms with van der Waals surface area (Å²) in [5, 5.41) is 13.9. The molecule has 7 heteroatoms. The van der Waals surface area contributed by atoms with E-state index in [4.69, 9.17) is 20.3 Å². The fourth-order valence-electron chi connectivity index (χ4n) is 8.13. The third-order valence-electron chi connectivity index (χ3n) is 10.9. The van der Waals surface area contributed by atoms with Gasteiger partial charge in [0.1, 0.15) is 11.4 Å². The number of aryl methyl sites for hydroxylation is 1. The van der Waals surface area contributed by atoms with E-state index in [1.807, 2.05) is 47.3 Å². The molecule has 0 N–H and O–H groups in total. The second kappa shape index (κ2) is 16.0. The number of aromatic nitrogens is 7. The Labute approximate surface area is 333 Å². The Morgan fingerprint density at radius 2 is 1.16 bits per heavy atom. The maximum Gasteiger partial charge on any atom is 0.184 e. The van der Waals surface area contributed by atoms with Gasteiger partial charge in [-0.1, -0.05) is 190 Å². The van der Waals surface area contributed by atoms with Crippen LogP contribution in [0.3, 0.4) is 0 Å². The Balaban J connectivity index is 1.10. The summed E-state index contributed by atoms with van der Waals surface area (Å²) in [7, 11) is 0. The van der Waals surface area contributed by atoms with Crippen molar-refractivity contribution in [1.29, 1.82) is 0 Å². The zero-order valence-corrected chi connectivity index (χ0v) is 32.0. The van der Waals surface area contributed by atoms with Gasteiger partial charge in [0, 0.05) is 24.1 Å². The Bertz CT molecular complexity index is 2610. The van der Waals surface area contributed by atoms with Crippen LogP contribution in [0.25, 0.3) is 44.8 Å². The van der Waals surface area contributed by atoms with Gasteiger partial charge >= 0.3 is 0 Å². The van der Waals surface area contributed by atoms with Crippen LogP contribution < -0.4 is 0 Å². The molecule has 0 spiro atoms. The summed E-state index contributed by atoms with van der Waals surface area (Å²) < 4.78 is 4.35. The van der Waals surface area contributed by atoms with E-state index in [2.05, 4.69) is 156 Å². The first kappa shape index (κ1) is 35.7. The Morgan fingerprint density at radius 1 is 0.579 bits per heavy atom. The second-order valence-corrected chi connectivity index (χ2v) is 14.5. The molecule has 0 saturated heterocycles. The molecule has 7 nitrogen and oxygen atoms in total. The van der Waals surface area contributed by atoms with Crippen LogP contribution in [0.1, 0.15) is 54.3 Å². The van der Waals surface area contributed by atoms with Gasteiger partial charge in [-0.05, 0) is 56.3 Å². The molecule has 0 atom stereocenters. The van der Waals surface area contributed by atoms with Crippen LogP contribution in [-0.2, 0) is 18.5 Å². The first-order chi connectivity index (χ1) is 28.2. The van der Waals surface area contributed by atoms with Crippen LogP contribution in [0.2, 0.25) is 0 Å². The van der Waals surface area contributed by atoms with Crippen molar-refractivity contribution in [1.82, 2.24) is 34.7 Å². The molecule has 0 unspecified atom stereocenters. The van der Waals surface area contributed by atoms with Crippen molar-refractivity contribution in [3.63, 3.8) is 0 Å². The molecule has 57 heavy (non-hydrogen) atoms. The van der Waals surface area contributed by atoms with E-state index >= 15 is 0 Å². The average molecular weight is 742 g/mol. The van der Waals surface area contributed by atoms with Crippen LogP contribution in [0.15, 0.2) is 182 Å². The number of tetrazole rings is 1. The van der Waals surface area contributed by atoms with Gasteiger partial charge in [-0.2, -0.15) is 0 Å². The van der Waals surface area contributed by atoms with Crippen LogP contribution >= 0.6 is 0 Å². The predicted molar refractivity (Wildman–Crippen MR) is 229 cm³/mol. The number of nitrogens with zero attached hydrogens (tertiary/aromatic N) is 7. The fourth-order valence-corrected chi connectivity index (χ4v) is 8.13. The van der Waals surface area contributed by atoms with Gasteiger partial charge in [-0.3, -0.25) is 4.98 Å². The highest BCUT2D eigenvalue weighted by atomic mass is 15.6. The number of hydrogen-bond donors (Lipinski definition) is 0. The lowest BCUT2D eigenvalue weighted by atomic mass is 9.77. The van der Waals surface area contributed by atoms with Crippen molar-refractivity contribution < 1.29 is 0 Å². The number of unbranched alkanes of at least 4 members (excludes halogenated alkanes) is 2. The highest BCUT2D eigenvalue weighted by molar-refractivity contribution is 5.82. The standard InChI is InChI=1S/C50H43N7/c1-2-3-8-29-48-52-46-34-45(39-19-9-4-10-20-39)51-35-47(46)56(48)36-37-30-32-38(33-31-37)43-27-17-18-28-44(43)49-53-54-55-57(49)50(40-21-11-5-12-22-40,41-23-13-6-14-24-41)42-25-15-7-16-26-42/h4-7,9-28,30-35H,2-3,8,29,36H2,1H3. The predicted octanol–water partition coefficient (Wildman–Crippen LogP) is 11.0. The van der Waals surface area contributed by atoms with Crippen molar-refractivity contribution in [2.75, 3.05) is 0 Å². The zero-order chi connectivity index (χ0) is 38.4. The smallest absolute Gasteiger partial charge is 0.184 e. The van der Waals surface area contributed by atoms with E-state index < -0.39 is 5.54 Å². The molecule has 9 aromatic rings. The second-order valence-electron chi connectivity index (χ2n) is 14.5. The molecule has 9 rings (SSSR count). The first-order valence-electron chi connectivity index (χ1n) is 19.8. The van der Waals surface area contributed by atoms with Gasteiger partial charge in [0.05, 0.1) is 22.9 Å². The minimum atomic E-state index is -0.849. The number of fused-ring (bicyclic) bond motifs is 1. The molecule has 0 radical (unpaired) electrons. The van der Waals surface area contributed by atoms with Crippen molar-refractivity contribution in [3.05, 3.63) is 210 Å². The summed E-state index contributed by atoms with van der Waals surface area (Å²) in [6.07, 6.45) is 6.37. The van der Waals surface area contributed by atoms with E-state index in [0.717, 1.165) is 74.3 Å². The molecule has 0 bridgehead atoms. The van der Waals surface area contributed by atoms with Gasteiger partial charge in [0.2, 0.25) is 0 Å². The van der Waals surface area contributed by atoms with E-state index in [1.165, 1.54) is 18.4 Å². The number of rotatable bonds is 13. The zero-order valence-electron chi connectivity index (χ0n) is 32.0. The Kier molecular flexibility index (Phi) is 10.0. The molecule has 0 aliphatic carbocycles. The summed E-state index contributed by atoms with van der Waals surface area (Å²) in [6.45, 7) is 2.95. The number of imidazole rings is 1. The van der Waals surface area contributed by atoms with E-state index in [1.54, 1.807) is 0 Å². The maximum atomic E-state index is 5.17. The molecule has 278 valence electrons. The average Bonchev–Trinajstić information content (AvgIpc) is 3.91. The summed E-state index contributed by atoms with van der Waals surface area (Å²) in [5.41, 5.74) is 10.7. The lowest BCUT2D eigenvalue weighted by Crippen LogP contribution is -2.39. The van der Waals surface area contributed by atoms with E-state index in [-0.39, 0.29) is 0 Å². The summed E-state index contributed by atoms with van der Waals surface area (Å²) in [4.78, 5) is 10.0. The normalized spacial score (nSPS) is 11.6. The minimum Gasteiger partial charge on any atom is -0.322 e. The van der Waals surface area contributed by atoms with Gasteiger partial charge in [0.25, 0.3) is 0 Å².